The van der Waals surface area contributed by atoms with Crippen LogP contribution in [-0.4, -0.2) is 52.3 Å². The van der Waals surface area contributed by atoms with Crippen molar-refractivity contribution >= 4 is 28.4 Å². The van der Waals surface area contributed by atoms with Crippen molar-refractivity contribution < 1.29 is 26.7 Å². The van der Waals surface area contributed by atoms with Crippen LogP contribution in [0.2, 0.25) is 0 Å². The largest absolute Gasteiger partial charge is 0.417 e. The number of carbonyl (C=O) groups excluding carboxylic acids is 1. The van der Waals surface area contributed by atoms with E-state index in [9.17, 15) is 26.7 Å². The van der Waals surface area contributed by atoms with Crippen molar-refractivity contribution in [3.8, 4) is 0 Å². The minimum Gasteiger partial charge on any atom is -0.364 e. The van der Waals surface area contributed by atoms with Crippen molar-refractivity contribution in [2.24, 2.45) is 0 Å². The Labute approximate surface area is 179 Å². The Balaban J connectivity index is 0.000000183. The number of H-pyrrole nitrogens is 1. The van der Waals surface area contributed by atoms with Gasteiger partial charge in [0.05, 0.1) is 42.1 Å². The summed E-state index contributed by atoms with van der Waals surface area (Å²) in [5.74, 6) is -2.59. The van der Waals surface area contributed by atoms with Gasteiger partial charge in [-0.25, -0.2) is 18.6 Å². The van der Waals surface area contributed by atoms with Gasteiger partial charge in [-0.3, -0.25) is 10.1 Å². The molecule has 4 rings (SSSR count). The molecule has 1 saturated heterocycles. The van der Waals surface area contributed by atoms with Gasteiger partial charge in [0.25, 0.3) is 5.92 Å². The third-order valence-electron chi connectivity index (χ3n) is 4.59. The summed E-state index contributed by atoms with van der Waals surface area (Å²) >= 11 is 0. The first-order chi connectivity index (χ1) is 15.1. The van der Waals surface area contributed by atoms with Crippen LogP contribution in [0.25, 0.3) is 11.0 Å². The molecule has 1 fully saturated rings. The second-order valence-corrected chi connectivity index (χ2v) is 7.05. The van der Waals surface area contributed by atoms with Crippen LogP contribution in [0.4, 0.5) is 38.1 Å². The van der Waals surface area contributed by atoms with Crippen LogP contribution in [0.5, 0.6) is 0 Å². The smallest absolute Gasteiger partial charge is 0.364 e. The van der Waals surface area contributed by atoms with E-state index in [4.69, 9.17) is 0 Å². The highest BCUT2D eigenvalue weighted by Crippen LogP contribution is 2.31. The predicted molar refractivity (Wildman–Crippen MR) is 108 cm³/mol. The van der Waals surface area contributed by atoms with E-state index in [2.05, 4.69) is 30.8 Å². The number of anilines is 2. The van der Waals surface area contributed by atoms with E-state index in [1.807, 2.05) is 6.07 Å². The molecule has 0 atom stereocenters. The Morgan fingerprint density at radius 3 is 2.66 bits per heavy atom. The van der Waals surface area contributed by atoms with Gasteiger partial charge in [-0.1, -0.05) is 0 Å². The van der Waals surface area contributed by atoms with Crippen LogP contribution < -0.4 is 15.5 Å². The zero-order valence-electron chi connectivity index (χ0n) is 16.9. The summed E-state index contributed by atoms with van der Waals surface area (Å²) in [5, 5.41) is 11.8. The molecule has 0 aromatic carbocycles. The summed E-state index contributed by atoms with van der Waals surface area (Å²) in [4.78, 5) is 20.0. The monoisotopic (exact) mass is 457 g/mol. The van der Waals surface area contributed by atoms with Gasteiger partial charge >= 0.3 is 12.2 Å². The number of aromatic amines is 1. The summed E-state index contributed by atoms with van der Waals surface area (Å²) in [6.45, 7) is 0.429. The fraction of sp³-hybridized carbons (Fsp3) is 0.368. The molecule has 32 heavy (non-hydrogen) atoms. The van der Waals surface area contributed by atoms with Crippen molar-refractivity contribution in [2.75, 3.05) is 30.4 Å². The van der Waals surface area contributed by atoms with Crippen LogP contribution in [0, 0.1) is 0 Å². The van der Waals surface area contributed by atoms with E-state index in [1.165, 1.54) is 7.05 Å². The first kappa shape index (κ1) is 23.2. The molecule has 3 N–H and O–H groups in total. The number of urea groups is 1. The lowest BCUT2D eigenvalue weighted by Gasteiger charge is -2.33. The Kier molecular flexibility index (Phi) is 6.75. The van der Waals surface area contributed by atoms with Crippen LogP contribution in [-0.2, 0) is 6.18 Å². The fourth-order valence-corrected chi connectivity index (χ4v) is 3.04. The van der Waals surface area contributed by atoms with Gasteiger partial charge in [-0.15, -0.1) is 0 Å². The van der Waals surface area contributed by atoms with E-state index < -0.39 is 23.7 Å². The third kappa shape index (κ3) is 6.02. The maximum absolute atomic E-state index is 13.3. The van der Waals surface area contributed by atoms with Gasteiger partial charge in [-0.05, 0) is 18.6 Å². The van der Waals surface area contributed by atoms with E-state index in [0.29, 0.717) is 24.8 Å². The maximum atomic E-state index is 13.3. The number of carbonyl (C=O) groups is 1. The molecule has 13 heteroatoms. The number of fused-ring (bicyclic) bond motifs is 1. The molecule has 1 aliphatic heterocycles. The average molecular weight is 457 g/mol. The molecule has 172 valence electrons. The minimum atomic E-state index is -4.46. The van der Waals surface area contributed by atoms with Gasteiger partial charge in [0, 0.05) is 31.6 Å². The van der Waals surface area contributed by atoms with Crippen LogP contribution in [0.15, 0.2) is 36.9 Å². The second kappa shape index (κ2) is 9.32. The first-order valence-electron chi connectivity index (χ1n) is 9.50. The Morgan fingerprint density at radius 2 is 1.97 bits per heavy atom. The topological polar surface area (TPSA) is 98.8 Å². The zero-order valence-corrected chi connectivity index (χ0v) is 16.9. The lowest BCUT2D eigenvalue weighted by atomic mass is 10.1. The molecule has 0 aliphatic carbocycles. The number of nitrogens with zero attached hydrogens (tertiary/aromatic N) is 4. The van der Waals surface area contributed by atoms with Gasteiger partial charge in [0.2, 0.25) is 0 Å². The van der Waals surface area contributed by atoms with E-state index in [-0.39, 0.29) is 18.7 Å². The summed E-state index contributed by atoms with van der Waals surface area (Å²) in [6, 6.07) is 2.05. The number of pyridine rings is 2. The summed E-state index contributed by atoms with van der Waals surface area (Å²) in [5.41, 5.74) is 0.497. The third-order valence-corrected chi connectivity index (χ3v) is 4.59. The van der Waals surface area contributed by atoms with Crippen molar-refractivity contribution in [3.63, 3.8) is 0 Å². The molecule has 0 saturated carbocycles. The summed E-state index contributed by atoms with van der Waals surface area (Å²) in [6.07, 6.45) is 1.10. The molecule has 0 unspecified atom stereocenters. The highest BCUT2D eigenvalue weighted by atomic mass is 19.4. The Hall–Kier alpha value is -3.51. The molecule has 1 aliphatic rings. The number of halogens is 5. The predicted octanol–water partition coefficient (Wildman–Crippen LogP) is 4.05. The van der Waals surface area contributed by atoms with Gasteiger partial charge in [0.1, 0.15) is 0 Å². The van der Waals surface area contributed by atoms with Gasteiger partial charge in [0.15, 0.2) is 5.65 Å². The van der Waals surface area contributed by atoms with Crippen LogP contribution in [0.1, 0.15) is 18.4 Å². The second-order valence-electron chi connectivity index (χ2n) is 7.05. The van der Waals surface area contributed by atoms with Crippen molar-refractivity contribution in [1.82, 2.24) is 25.5 Å². The molecule has 3 aromatic heterocycles. The molecular weight excluding hydrogens is 437 g/mol. The number of nitrogens with one attached hydrogen (secondary N) is 3. The molecule has 8 nitrogen and oxygen atoms in total. The molecule has 0 radical (unpaired) electrons. The summed E-state index contributed by atoms with van der Waals surface area (Å²) < 4.78 is 63.3. The molecule has 3 aromatic rings. The lowest BCUT2D eigenvalue weighted by molar-refractivity contribution is -0.137. The maximum Gasteiger partial charge on any atom is 0.417 e. The molecule has 0 spiro atoms. The number of aromatic nitrogens is 4. The lowest BCUT2D eigenvalue weighted by Crippen LogP contribution is -2.42. The van der Waals surface area contributed by atoms with Crippen molar-refractivity contribution in [1.29, 1.82) is 0 Å². The first-order valence-corrected chi connectivity index (χ1v) is 9.50. The standard InChI is InChI=1S/C11H12F2N4.C8H8F3N3O/c12-11(13)2-1-3-17(7-11)9-4-8-5-15-16-10(8)14-6-9;1-12-7(15)14-6-2-5(3-13-4-6)8(9,10)11/h4-6H,1-3,7H2,(H,14,15,16);2-4H,1H3,(H2,12,14,15). The normalized spacial score (nSPS) is 15.6. The van der Waals surface area contributed by atoms with E-state index in [0.717, 1.165) is 23.3 Å². The van der Waals surface area contributed by atoms with E-state index in [1.54, 1.807) is 17.3 Å². The van der Waals surface area contributed by atoms with Crippen molar-refractivity contribution in [2.45, 2.75) is 24.9 Å². The molecule has 2 amide bonds. The SMILES string of the molecule is CNC(=O)Nc1cncc(C(F)(F)F)c1.FC1(F)CCCN(c2cnc3[nH]ncc3c2)C1. The highest BCUT2D eigenvalue weighted by Gasteiger charge is 2.35. The Morgan fingerprint density at radius 1 is 1.19 bits per heavy atom. The highest BCUT2D eigenvalue weighted by molar-refractivity contribution is 5.88. The summed E-state index contributed by atoms with van der Waals surface area (Å²) in [7, 11) is 1.36. The molecule has 4 heterocycles. The minimum absolute atomic E-state index is 0.0100. The number of alkyl halides is 5. The Bertz CT molecular complexity index is 1070. The van der Waals surface area contributed by atoms with Gasteiger partial charge in [-0.2, -0.15) is 18.3 Å². The van der Waals surface area contributed by atoms with Crippen LogP contribution in [0.3, 0.4) is 0 Å². The molecule has 0 bridgehead atoms. The molecular formula is C19H20F5N7O. The number of rotatable bonds is 2. The number of amides is 2. The average Bonchev–Trinajstić information content (AvgIpc) is 3.21. The van der Waals surface area contributed by atoms with Crippen molar-refractivity contribution in [3.05, 3.63) is 42.5 Å². The van der Waals surface area contributed by atoms with Gasteiger partial charge < -0.3 is 15.5 Å². The zero-order chi connectivity index (χ0) is 23.4. The van der Waals surface area contributed by atoms with E-state index >= 15 is 0 Å². The number of hydrogen-bond acceptors (Lipinski definition) is 5. The quantitative estimate of drug-likeness (QED) is 0.505. The number of hydrogen-bond donors (Lipinski definition) is 3. The fourth-order valence-electron chi connectivity index (χ4n) is 3.04. The van der Waals surface area contributed by atoms with Crippen LogP contribution >= 0.6 is 0 Å². The number of piperidine rings is 1.